The van der Waals surface area contributed by atoms with E-state index in [1.54, 1.807) is 0 Å². The molecule has 0 aromatic heterocycles. The molecule has 0 radical (unpaired) electrons. The molecule has 1 unspecified atom stereocenters. The molecule has 3 nitrogen and oxygen atoms in total. The normalized spacial score (nSPS) is 20.9. The molecule has 0 bridgehead atoms. The van der Waals surface area contributed by atoms with E-state index in [-0.39, 0.29) is 6.10 Å². The molecule has 0 saturated heterocycles. The van der Waals surface area contributed by atoms with Gasteiger partial charge in [-0.1, -0.05) is 13.8 Å². The van der Waals surface area contributed by atoms with E-state index < -0.39 is 0 Å². The molecule has 2 fully saturated rings. The molecule has 0 spiro atoms. The highest BCUT2D eigenvalue weighted by molar-refractivity contribution is 4.92. The number of hydrogen-bond acceptors (Lipinski definition) is 3. The second-order valence-corrected chi connectivity index (χ2v) is 7.26. The summed E-state index contributed by atoms with van der Waals surface area (Å²) in [6, 6.07) is 0. The van der Waals surface area contributed by atoms with Gasteiger partial charge in [0.15, 0.2) is 0 Å². The van der Waals surface area contributed by atoms with Gasteiger partial charge in [0.05, 0.1) is 12.7 Å². The largest absolute Gasteiger partial charge is 0.389 e. The van der Waals surface area contributed by atoms with E-state index in [0.717, 1.165) is 43.2 Å². The molecule has 2 aliphatic rings. The predicted octanol–water partition coefficient (Wildman–Crippen LogP) is 2.83. The Hall–Kier alpha value is -0.120. The maximum atomic E-state index is 9.89. The lowest BCUT2D eigenvalue weighted by Gasteiger charge is -2.18. The van der Waals surface area contributed by atoms with E-state index in [0.29, 0.717) is 13.2 Å². The summed E-state index contributed by atoms with van der Waals surface area (Å²) in [6.45, 7) is 7.49. The van der Waals surface area contributed by atoms with Crippen molar-refractivity contribution in [1.82, 2.24) is 5.32 Å². The molecule has 2 N–H and O–H groups in total. The SMILES string of the molecule is CC(C)CCCOCC(O)CNCC(C1CC1)C1CC1. The molecule has 2 aliphatic carbocycles. The molecule has 0 aromatic rings. The first-order chi connectivity index (χ1) is 9.66. The van der Waals surface area contributed by atoms with Crippen LogP contribution in [-0.4, -0.2) is 37.5 Å². The summed E-state index contributed by atoms with van der Waals surface area (Å²) in [4.78, 5) is 0. The molecule has 2 saturated carbocycles. The summed E-state index contributed by atoms with van der Waals surface area (Å²) in [5.74, 6) is 3.60. The third-order valence-electron chi connectivity index (χ3n) is 4.60. The van der Waals surface area contributed by atoms with Crippen LogP contribution in [0.5, 0.6) is 0 Å². The van der Waals surface area contributed by atoms with Crippen molar-refractivity contribution in [2.24, 2.45) is 23.7 Å². The van der Waals surface area contributed by atoms with Crippen LogP contribution in [0.25, 0.3) is 0 Å². The molecule has 0 heterocycles. The highest BCUT2D eigenvalue weighted by Gasteiger charge is 2.40. The van der Waals surface area contributed by atoms with Gasteiger partial charge in [-0.05, 0) is 68.7 Å². The average molecular weight is 283 g/mol. The minimum absolute atomic E-state index is 0.354. The third-order valence-corrected chi connectivity index (χ3v) is 4.60. The zero-order chi connectivity index (χ0) is 14.4. The Bertz CT molecular complexity index is 250. The summed E-state index contributed by atoms with van der Waals surface area (Å²) in [7, 11) is 0. The molecule has 1 atom stereocenters. The summed E-state index contributed by atoms with van der Waals surface area (Å²) in [5, 5.41) is 13.3. The molecular formula is C17H33NO2. The van der Waals surface area contributed by atoms with Gasteiger partial charge in [0.1, 0.15) is 0 Å². The van der Waals surface area contributed by atoms with Crippen LogP contribution in [0.3, 0.4) is 0 Å². The van der Waals surface area contributed by atoms with E-state index in [2.05, 4.69) is 19.2 Å². The van der Waals surface area contributed by atoms with Crippen LogP contribution >= 0.6 is 0 Å². The molecule has 118 valence electrons. The van der Waals surface area contributed by atoms with Gasteiger partial charge in [0.2, 0.25) is 0 Å². The second kappa shape index (κ2) is 8.35. The highest BCUT2D eigenvalue weighted by Crippen LogP contribution is 2.48. The van der Waals surface area contributed by atoms with Crippen molar-refractivity contribution in [1.29, 1.82) is 0 Å². The number of aliphatic hydroxyl groups is 1. The topological polar surface area (TPSA) is 41.5 Å². The van der Waals surface area contributed by atoms with Gasteiger partial charge in [0.25, 0.3) is 0 Å². The smallest absolute Gasteiger partial charge is 0.0897 e. The maximum absolute atomic E-state index is 9.89. The lowest BCUT2D eigenvalue weighted by Crippen LogP contribution is -2.34. The standard InChI is InChI=1S/C17H33NO2/c1-13(2)4-3-9-20-12-16(19)10-18-11-17(14-5-6-14)15-7-8-15/h13-19H,3-12H2,1-2H3. The lowest BCUT2D eigenvalue weighted by atomic mass is 9.98. The van der Waals surface area contributed by atoms with Crippen LogP contribution in [0.2, 0.25) is 0 Å². The van der Waals surface area contributed by atoms with E-state index in [1.165, 1.54) is 32.1 Å². The van der Waals surface area contributed by atoms with E-state index in [9.17, 15) is 5.11 Å². The summed E-state index contributed by atoms with van der Waals surface area (Å²) in [6.07, 6.45) is 7.69. The highest BCUT2D eigenvalue weighted by atomic mass is 16.5. The van der Waals surface area contributed by atoms with Crippen LogP contribution in [0.1, 0.15) is 52.4 Å². The summed E-state index contributed by atoms with van der Waals surface area (Å²) in [5.41, 5.74) is 0. The molecule has 3 heteroatoms. The fourth-order valence-corrected chi connectivity index (χ4v) is 3.06. The lowest BCUT2D eigenvalue weighted by molar-refractivity contribution is 0.0342. The number of hydrogen-bond donors (Lipinski definition) is 2. The van der Waals surface area contributed by atoms with Crippen molar-refractivity contribution < 1.29 is 9.84 Å². The quantitative estimate of drug-likeness (QED) is 0.541. The average Bonchev–Trinajstić information content (AvgIpc) is 3.27. The van der Waals surface area contributed by atoms with Crippen molar-refractivity contribution in [3.05, 3.63) is 0 Å². The van der Waals surface area contributed by atoms with Crippen LogP contribution in [0.4, 0.5) is 0 Å². The van der Waals surface area contributed by atoms with Crippen molar-refractivity contribution in [2.45, 2.75) is 58.5 Å². The van der Waals surface area contributed by atoms with Gasteiger partial charge in [-0.3, -0.25) is 0 Å². The third kappa shape index (κ3) is 6.55. The Morgan fingerprint density at radius 2 is 1.75 bits per heavy atom. The van der Waals surface area contributed by atoms with Gasteiger partial charge in [-0.25, -0.2) is 0 Å². The van der Waals surface area contributed by atoms with E-state index >= 15 is 0 Å². The van der Waals surface area contributed by atoms with Gasteiger partial charge in [-0.2, -0.15) is 0 Å². The Balaban J connectivity index is 1.44. The fourth-order valence-electron chi connectivity index (χ4n) is 3.06. The maximum Gasteiger partial charge on any atom is 0.0897 e. The molecular weight excluding hydrogens is 250 g/mol. The van der Waals surface area contributed by atoms with Crippen molar-refractivity contribution in [2.75, 3.05) is 26.3 Å². The van der Waals surface area contributed by atoms with Crippen LogP contribution in [0, 0.1) is 23.7 Å². The molecule has 0 amide bonds. The monoisotopic (exact) mass is 283 g/mol. The molecule has 0 aromatic carbocycles. The number of ether oxygens (including phenoxy) is 1. The summed E-state index contributed by atoms with van der Waals surface area (Å²) >= 11 is 0. The molecule has 2 rings (SSSR count). The first-order valence-corrected chi connectivity index (χ1v) is 8.63. The Morgan fingerprint density at radius 3 is 2.30 bits per heavy atom. The zero-order valence-electron chi connectivity index (χ0n) is 13.3. The van der Waals surface area contributed by atoms with Gasteiger partial charge >= 0.3 is 0 Å². The van der Waals surface area contributed by atoms with Crippen LogP contribution < -0.4 is 5.32 Å². The van der Waals surface area contributed by atoms with E-state index in [4.69, 9.17) is 4.74 Å². The van der Waals surface area contributed by atoms with Gasteiger partial charge in [0, 0.05) is 13.2 Å². The number of rotatable bonds is 12. The molecule has 0 aliphatic heterocycles. The van der Waals surface area contributed by atoms with Crippen molar-refractivity contribution in [3.8, 4) is 0 Å². The summed E-state index contributed by atoms with van der Waals surface area (Å²) < 4.78 is 5.53. The zero-order valence-corrected chi connectivity index (χ0v) is 13.3. The predicted molar refractivity (Wildman–Crippen MR) is 82.7 cm³/mol. The second-order valence-electron chi connectivity index (χ2n) is 7.26. The minimum atomic E-state index is -0.354. The van der Waals surface area contributed by atoms with Crippen molar-refractivity contribution in [3.63, 3.8) is 0 Å². The number of nitrogens with one attached hydrogen (secondary N) is 1. The molecule has 20 heavy (non-hydrogen) atoms. The fraction of sp³-hybridized carbons (Fsp3) is 1.00. The minimum Gasteiger partial charge on any atom is -0.389 e. The Labute approximate surface area is 124 Å². The van der Waals surface area contributed by atoms with Crippen molar-refractivity contribution >= 4 is 0 Å². The Morgan fingerprint density at radius 1 is 1.10 bits per heavy atom. The van der Waals surface area contributed by atoms with Gasteiger partial charge < -0.3 is 15.2 Å². The van der Waals surface area contributed by atoms with Crippen LogP contribution in [0.15, 0.2) is 0 Å². The van der Waals surface area contributed by atoms with Crippen LogP contribution in [-0.2, 0) is 4.74 Å². The van der Waals surface area contributed by atoms with E-state index in [1.807, 2.05) is 0 Å². The first kappa shape index (κ1) is 16.3. The number of aliphatic hydroxyl groups excluding tert-OH is 1. The first-order valence-electron chi connectivity index (χ1n) is 8.63. The Kier molecular flexibility index (Phi) is 6.79. The van der Waals surface area contributed by atoms with Gasteiger partial charge in [-0.15, -0.1) is 0 Å².